The lowest BCUT2D eigenvalue weighted by Gasteiger charge is -2.38. The van der Waals surface area contributed by atoms with E-state index in [1.54, 1.807) is 0 Å². The maximum absolute atomic E-state index is 6.33. The molecular weight excluding hydrogens is 232 g/mol. The van der Waals surface area contributed by atoms with Crippen LogP contribution < -0.4 is 5.73 Å². The van der Waals surface area contributed by atoms with Crippen LogP contribution in [0, 0.1) is 20.8 Å². The molecular formula is C17H28N2. The van der Waals surface area contributed by atoms with Crippen LogP contribution in [0.2, 0.25) is 0 Å². The number of piperidine rings is 1. The van der Waals surface area contributed by atoms with E-state index in [0.717, 1.165) is 0 Å². The number of hydrogen-bond donors (Lipinski definition) is 1. The Balaban J connectivity index is 2.38. The molecule has 1 heterocycles. The van der Waals surface area contributed by atoms with Crippen LogP contribution in [0.25, 0.3) is 0 Å². The van der Waals surface area contributed by atoms with Crippen LogP contribution in [-0.2, 0) is 0 Å². The second-order valence-electron chi connectivity index (χ2n) is 6.21. The molecule has 106 valence electrons. The van der Waals surface area contributed by atoms with E-state index in [9.17, 15) is 0 Å². The molecule has 1 fully saturated rings. The van der Waals surface area contributed by atoms with Gasteiger partial charge in [0.1, 0.15) is 0 Å². The molecule has 2 atom stereocenters. The molecule has 0 amide bonds. The highest BCUT2D eigenvalue weighted by Gasteiger charge is 2.27. The van der Waals surface area contributed by atoms with E-state index in [1.807, 2.05) is 0 Å². The summed E-state index contributed by atoms with van der Waals surface area (Å²) in [7, 11) is 0. The Bertz CT molecular complexity index is 408. The first kappa shape index (κ1) is 14.5. The minimum atomic E-state index is 0.179. The molecule has 0 aromatic heterocycles. The number of benzene rings is 1. The van der Waals surface area contributed by atoms with Crippen molar-refractivity contribution in [2.24, 2.45) is 5.73 Å². The third-order valence-corrected chi connectivity index (χ3v) is 4.32. The van der Waals surface area contributed by atoms with Gasteiger partial charge in [-0.25, -0.2) is 0 Å². The van der Waals surface area contributed by atoms with Crippen molar-refractivity contribution in [3.8, 4) is 0 Å². The highest BCUT2D eigenvalue weighted by Crippen LogP contribution is 2.32. The molecule has 2 nitrogen and oxygen atoms in total. The van der Waals surface area contributed by atoms with Gasteiger partial charge in [-0.1, -0.05) is 24.1 Å². The van der Waals surface area contributed by atoms with Gasteiger partial charge in [-0.3, -0.25) is 4.90 Å². The van der Waals surface area contributed by atoms with E-state index in [0.29, 0.717) is 6.04 Å². The molecule has 1 aromatic carbocycles. The molecule has 0 radical (unpaired) electrons. The summed E-state index contributed by atoms with van der Waals surface area (Å²) in [6.07, 6.45) is 3.99. The SMILES string of the molecule is Cc1cc(C)c(C(C(C)N)N2CCCCC2)c(C)c1. The topological polar surface area (TPSA) is 29.3 Å². The number of likely N-dealkylation sites (tertiary alicyclic amines) is 1. The molecule has 0 spiro atoms. The predicted octanol–water partition coefficient (Wildman–Crippen LogP) is 3.49. The monoisotopic (exact) mass is 260 g/mol. The number of hydrogen-bond acceptors (Lipinski definition) is 2. The Morgan fingerprint density at radius 2 is 1.53 bits per heavy atom. The predicted molar refractivity (Wildman–Crippen MR) is 82.5 cm³/mol. The molecule has 0 saturated carbocycles. The van der Waals surface area contributed by atoms with Gasteiger partial charge in [0.25, 0.3) is 0 Å². The van der Waals surface area contributed by atoms with Crippen molar-refractivity contribution in [3.63, 3.8) is 0 Å². The molecule has 1 aliphatic rings. The van der Waals surface area contributed by atoms with Gasteiger partial charge in [0.05, 0.1) is 6.04 Å². The van der Waals surface area contributed by atoms with Gasteiger partial charge in [0, 0.05) is 6.04 Å². The fourth-order valence-corrected chi connectivity index (χ4v) is 3.63. The van der Waals surface area contributed by atoms with Crippen LogP contribution in [0.15, 0.2) is 12.1 Å². The van der Waals surface area contributed by atoms with E-state index >= 15 is 0 Å². The summed E-state index contributed by atoms with van der Waals surface area (Å²) in [5.74, 6) is 0. The van der Waals surface area contributed by atoms with E-state index in [1.165, 1.54) is 54.6 Å². The lowest BCUT2D eigenvalue weighted by atomic mass is 9.89. The van der Waals surface area contributed by atoms with Crippen molar-refractivity contribution >= 4 is 0 Å². The summed E-state index contributed by atoms with van der Waals surface area (Å²) in [4.78, 5) is 2.60. The molecule has 19 heavy (non-hydrogen) atoms. The highest BCUT2D eigenvalue weighted by atomic mass is 15.2. The Labute approximate surface area is 118 Å². The zero-order valence-corrected chi connectivity index (χ0v) is 12.9. The summed E-state index contributed by atoms with van der Waals surface area (Å²) in [6, 6.07) is 5.14. The Hall–Kier alpha value is -0.860. The molecule has 0 bridgehead atoms. The van der Waals surface area contributed by atoms with Crippen molar-refractivity contribution in [2.75, 3.05) is 13.1 Å². The summed E-state index contributed by atoms with van der Waals surface area (Å²) >= 11 is 0. The summed E-state index contributed by atoms with van der Waals surface area (Å²) < 4.78 is 0. The smallest absolute Gasteiger partial charge is 0.0501 e. The van der Waals surface area contributed by atoms with Crippen LogP contribution in [0.4, 0.5) is 0 Å². The van der Waals surface area contributed by atoms with Gasteiger partial charge >= 0.3 is 0 Å². The van der Waals surface area contributed by atoms with E-state index in [2.05, 4.69) is 44.7 Å². The van der Waals surface area contributed by atoms with Gasteiger partial charge < -0.3 is 5.73 Å². The van der Waals surface area contributed by atoms with Crippen LogP contribution in [-0.4, -0.2) is 24.0 Å². The highest BCUT2D eigenvalue weighted by molar-refractivity contribution is 5.40. The van der Waals surface area contributed by atoms with Crippen molar-refractivity contribution in [1.29, 1.82) is 0 Å². The minimum absolute atomic E-state index is 0.179. The largest absolute Gasteiger partial charge is 0.326 e. The number of rotatable bonds is 3. The van der Waals surface area contributed by atoms with Crippen LogP contribution in [0.1, 0.15) is 54.5 Å². The average molecular weight is 260 g/mol. The fourth-order valence-electron chi connectivity index (χ4n) is 3.63. The van der Waals surface area contributed by atoms with E-state index < -0.39 is 0 Å². The lowest BCUT2D eigenvalue weighted by Crippen LogP contribution is -2.42. The van der Waals surface area contributed by atoms with Gasteiger partial charge in [0.15, 0.2) is 0 Å². The average Bonchev–Trinajstić information content (AvgIpc) is 2.34. The maximum atomic E-state index is 6.33. The van der Waals surface area contributed by atoms with Gasteiger partial charge in [0.2, 0.25) is 0 Å². The Morgan fingerprint density at radius 1 is 1.00 bits per heavy atom. The first-order chi connectivity index (χ1) is 9.00. The Kier molecular flexibility index (Phi) is 4.64. The molecule has 1 aliphatic heterocycles. The molecule has 2 rings (SSSR count). The van der Waals surface area contributed by atoms with E-state index in [4.69, 9.17) is 5.73 Å². The molecule has 1 aromatic rings. The van der Waals surface area contributed by atoms with Crippen molar-refractivity contribution in [2.45, 2.75) is 59.0 Å². The lowest BCUT2D eigenvalue weighted by molar-refractivity contribution is 0.145. The summed E-state index contributed by atoms with van der Waals surface area (Å²) in [5.41, 5.74) is 11.9. The normalized spacial score (nSPS) is 20.3. The number of nitrogens with two attached hydrogens (primary N) is 1. The standard InChI is InChI=1S/C17H28N2/c1-12-10-13(2)16(14(3)11-12)17(15(4)18)19-8-6-5-7-9-19/h10-11,15,17H,5-9,18H2,1-4H3. The van der Waals surface area contributed by atoms with E-state index in [-0.39, 0.29) is 6.04 Å². The maximum Gasteiger partial charge on any atom is 0.0501 e. The first-order valence-corrected chi connectivity index (χ1v) is 7.58. The van der Waals surface area contributed by atoms with Crippen LogP contribution >= 0.6 is 0 Å². The second-order valence-corrected chi connectivity index (χ2v) is 6.21. The first-order valence-electron chi connectivity index (χ1n) is 7.58. The Morgan fingerprint density at radius 3 is 2.00 bits per heavy atom. The van der Waals surface area contributed by atoms with Crippen LogP contribution in [0.5, 0.6) is 0 Å². The zero-order chi connectivity index (χ0) is 14.0. The third kappa shape index (κ3) is 3.18. The van der Waals surface area contributed by atoms with Crippen molar-refractivity contribution in [3.05, 3.63) is 34.4 Å². The third-order valence-electron chi connectivity index (χ3n) is 4.32. The van der Waals surface area contributed by atoms with Gasteiger partial charge in [-0.15, -0.1) is 0 Å². The molecule has 2 unspecified atom stereocenters. The quantitative estimate of drug-likeness (QED) is 0.901. The molecule has 2 N–H and O–H groups in total. The minimum Gasteiger partial charge on any atom is -0.326 e. The number of nitrogens with zero attached hydrogens (tertiary/aromatic N) is 1. The fraction of sp³-hybridized carbons (Fsp3) is 0.647. The summed E-state index contributed by atoms with van der Waals surface area (Å²) in [6.45, 7) is 11.2. The van der Waals surface area contributed by atoms with Crippen LogP contribution in [0.3, 0.4) is 0 Å². The molecule has 2 heteroatoms. The molecule has 0 aliphatic carbocycles. The van der Waals surface area contributed by atoms with Gasteiger partial charge in [-0.05, 0) is 70.3 Å². The second kappa shape index (κ2) is 6.06. The van der Waals surface area contributed by atoms with Crippen molar-refractivity contribution in [1.82, 2.24) is 4.90 Å². The summed E-state index contributed by atoms with van der Waals surface area (Å²) in [5, 5.41) is 0. The van der Waals surface area contributed by atoms with Gasteiger partial charge in [-0.2, -0.15) is 0 Å². The zero-order valence-electron chi connectivity index (χ0n) is 12.9. The molecule has 1 saturated heterocycles. The number of aryl methyl sites for hydroxylation is 3. The van der Waals surface area contributed by atoms with Crippen molar-refractivity contribution < 1.29 is 0 Å².